The number of benzene rings is 4. The molecule has 0 aromatic heterocycles. The molecule has 0 radical (unpaired) electrons. The van der Waals surface area contributed by atoms with Crippen molar-refractivity contribution in [1.82, 2.24) is 0 Å². The Labute approximate surface area is 164 Å². The van der Waals surface area contributed by atoms with E-state index in [0.717, 1.165) is 0 Å². The molecule has 2 heteroatoms. The summed E-state index contributed by atoms with van der Waals surface area (Å²) < 4.78 is 0. The van der Waals surface area contributed by atoms with Gasteiger partial charge in [0.25, 0.3) is 0 Å². The van der Waals surface area contributed by atoms with E-state index in [-0.39, 0.29) is 11.6 Å². The third kappa shape index (κ3) is 3.40. The van der Waals surface area contributed by atoms with Crippen molar-refractivity contribution in [2.75, 3.05) is 0 Å². The molecule has 134 valence electrons. The summed E-state index contributed by atoms with van der Waals surface area (Å²) in [6, 6.07) is 34.7. The van der Waals surface area contributed by atoms with Crippen LogP contribution in [0.2, 0.25) is 0 Å². The van der Waals surface area contributed by atoms with Crippen molar-refractivity contribution >= 4 is 11.6 Å². The van der Waals surface area contributed by atoms with Gasteiger partial charge in [-0.2, -0.15) is 0 Å². The van der Waals surface area contributed by atoms with Crippen molar-refractivity contribution in [3.05, 3.63) is 131 Å². The van der Waals surface area contributed by atoms with Gasteiger partial charge in [-0.15, -0.1) is 0 Å². The van der Waals surface area contributed by atoms with Gasteiger partial charge in [0.15, 0.2) is 11.6 Å². The molecule has 0 fully saturated rings. The molecule has 4 aromatic carbocycles. The maximum Gasteiger partial charge on any atom is 0.194 e. The van der Waals surface area contributed by atoms with Crippen LogP contribution in [0.15, 0.2) is 109 Å². The lowest BCUT2D eigenvalue weighted by molar-refractivity contribution is 0.0979. The maximum atomic E-state index is 12.1. The van der Waals surface area contributed by atoms with E-state index in [4.69, 9.17) is 0 Å². The molecule has 2 nitrogen and oxygen atoms in total. The second-order valence-electron chi connectivity index (χ2n) is 6.48. The minimum absolute atomic E-state index is 0.0641. The molecular formula is C26H18O2. The van der Waals surface area contributed by atoms with E-state index in [1.807, 2.05) is 12.1 Å². The summed E-state index contributed by atoms with van der Waals surface area (Å²) in [6.07, 6.45) is 0. The van der Waals surface area contributed by atoms with Crippen LogP contribution >= 0.6 is 0 Å². The van der Waals surface area contributed by atoms with Crippen LogP contribution in [-0.4, -0.2) is 11.6 Å². The molecule has 5 rings (SSSR count). The zero-order valence-corrected chi connectivity index (χ0v) is 15.2. The quantitative estimate of drug-likeness (QED) is 0.377. The summed E-state index contributed by atoms with van der Waals surface area (Å²) >= 11 is 0. The van der Waals surface area contributed by atoms with Crippen LogP contribution in [0.3, 0.4) is 0 Å². The Bertz CT molecular complexity index is 986. The Morgan fingerprint density at radius 2 is 0.571 bits per heavy atom. The Hall–Kier alpha value is -3.78. The summed E-state index contributed by atoms with van der Waals surface area (Å²) in [4.78, 5) is 24.2. The van der Waals surface area contributed by atoms with Crippen LogP contribution in [-0.2, 0) is 0 Å². The molecule has 0 spiro atoms. The van der Waals surface area contributed by atoms with Gasteiger partial charge in [0.05, 0.1) is 0 Å². The topological polar surface area (TPSA) is 34.1 Å². The first kappa shape index (κ1) is 17.6. The molecule has 0 N–H and O–H groups in total. The number of hydrogen-bond donors (Lipinski definition) is 0. The molecule has 0 unspecified atom stereocenters. The number of rotatable bonds is 1. The number of fused-ring (bicyclic) bond motifs is 2. The summed E-state index contributed by atoms with van der Waals surface area (Å²) in [5.41, 5.74) is 4.58. The Kier molecular flexibility index (Phi) is 4.94. The first-order valence-corrected chi connectivity index (χ1v) is 9.13. The standard InChI is InChI=1S/C14H8O2.C12H10/c15-13-9-5-1-2-6-10(9)14(16)12-8-4-3-7-11(12)13;1-3-7-11(8-4-1)12-9-5-2-6-10-12/h1-8H;1-10H. The summed E-state index contributed by atoms with van der Waals surface area (Å²) in [5.74, 6) is -0.128. The molecule has 0 bridgehead atoms. The summed E-state index contributed by atoms with van der Waals surface area (Å²) in [6.45, 7) is 0. The van der Waals surface area contributed by atoms with Crippen molar-refractivity contribution in [1.29, 1.82) is 0 Å². The van der Waals surface area contributed by atoms with Crippen molar-refractivity contribution in [3.8, 4) is 11.1 Å². The smallest absolute Gasteiger partial charge is 0.194 e. The zero-order valence-electron chi connectivity index (χ0n) is 15.2. The van der Waals surface area contributed by atoms with Crippen molar-refractivity contribution in [3.63, 3.8) is 0 Å². The van der Waals surface area contributed by atoms with Gasteiger partial charge in [-0.05, 0) is 11.1 Å². The predicted molar refractivity (Wildman–Crippen MR) is 112 cm³/mol. The van der Waals surface area contributed by atoms with Gasteiger partial charge in [0.2, 0.25) is 0 Å². The van der Waals surface area contributed by atoms with Crippen LogP contribution in [0.1, 0.15) is 31.8 Å². The van der Waals surface area contributed by atoms with Crippen LogP contribution in [0.4, 0.5) is 0 Å². The third-order valence-corrected chi connectivity index (χ3v) is 4.71. The van der Waals surface area contributed by atoms with Crippen LogP contribution in [0.5, 0.6) is 0 Å². The number of carbonyl (C=O) groups is 2. The highest BCUT2D eigenvalue weighted by molar-refractivity contribution is 6.28. The second-order valence-corrected chi connectivity index (χ2v) is 6.48. The van der Waals surface area contributed by atoms with E-state index in [2.05, 4.69) is 48.5 Å². The van der Waals surface area contributed by atoms with E-state index in [1.54, 1.807) is 48.5 Å². The molecule has 0 heterocycles. The lowest BCUT2D eigenvalue weighted by atomic mass is 9.84. The highest BCUT2D eigenvalue weighted by atomic mass is 16.1. The first-order valence-electron chi connectivity index (χ1n) is 9.13. The number of carbonyl (C=O) groups excluding carboxylic acids is 2. The molecule has 4 aromatic rings. The van der Waals surface area contributed by atoms with E-state index in [1.165, 1.54) is 11.1 Å². The van der Waals surface area contributed by atoms with Gasteiger partial charge >= 0.3 is 0 Å². The van der Waals surface area contributed by atoms with Gasteiger partial charge < -0.3 is 0 Å². The van der Waals surface area contributed by atoms with Crippen molar-refractivity contribution in [2.45, 2.75) is 0 Å². The fourth-order valence-electron chi connectivity index (χ4n) is 3.31. The van der Waals surface area contributed by atoms with E-state index in [9.17, 15) is 9.59 Å². The van der Waals surface area contributed by atoms with E-state index in [0.29, 0.717) is 22.3 Å². The van der Waals surface area contributed by atoms with Gasteiger partial charge in [-0.1, -0.05) is 109 Å². The number of hydrogen-bond acceptors (Lipinski definition) is 2. The molecular weight excluding hydrogens is 344 g/mol. The van der Waals surface area contributed by atoms with Crippen LogP contribution in [0, 0.1) is 0 Å². The second kappa shape index (κ2) is 7.85. The van der Waals surface area contributed by atoms with E-state index >= 15 is 0 Å². The lowest BCUT2D eigenvalue weighted by Gasteiger charge is -2.16. The fourth-order valence-corrected chi connectivity index (χ4v) is 3.31. The lowest BCUT2D eigenvalue weighted by Crippen LogP contribution is -2.20. The largest absolute Gasteiger partial charge is 0.289 e. The Morgan fingerprint density at radius 3 is 0.857 bits per heavy atom. The molecule has 1 aliphatic carbocycles. The first-order chi connectivity index (χ1) is 13.8. The third-order valence-electron chi connectivity index (χ3n) is 4.71. The summed E-state index contributed by atoms with van der Waals surface area (Å²) in [7, 11) is 0. The van der Waals surface area contributed by atoms with Crippen molar-refractivity contribution in [2.24, 2.45) is 0 Å². The molecule has 0 saturated carbocycles. The SMILES string of the molecule is O=C1c2ccccc2C(=O)c2ccccc21.c1ccc(-c2ccccc2)cc1. The molecule has 28 heavy (non-hydrogen) atoms. The van der Waals surface area contributed by atoms with E-state index < -0.39 is 0 Å². The molecule has 0 saturated heterocycles. The zero-order chi connectivity index (χ0) is 19.3. The fraction of sp³-hybridized carbons (Fsp3) is 0. The molecule has 0 atom stereocenters. The normalized spacial score (nSPS) is 11.7. The number of ketones is 2. The van der Waals surface area contributed by atoms with Gasteiger partial charge in [0.1, 0.15) is 0 Å². The van der Waals surface area contributed by atoms with Gasteiger partial charge in [-0.25, -0.2) is 0 Å². The minimum Gasteiger partial charge on any atom is -0.289 e. The minimum atomic E-state index is -0.0641. The highest BCUT2D eigenvalue weighted by Gasteiger charge is 2.28. The Balaban J connectivity index is 0.000000143. The average molecular weight is 362 g/mol. The Morgan fingerprint density at radius 1 is 0.321 bits per heavy atom. The summed E-state index contributed by atoms with van der Waals surface area (Å²) in [5, 5.41) is 0. The van der Waals surface area contributed by atoms with Gasteiger partial charge in [-0.3, -0.25) is 9.59 Å². The highest BCUT2D eigenvalue weighted by Crippen LogP contribution is 2.26. The molecule has 1 aliphatic rings. The monoisotopic (exact) mass is 362 g/mol. The molecule has 0 amide bonds. The van der Waals surface area contributed by atoms with Crippen LogP contribution < -0.4 is 0 Å². The average Bonchev–Trinajstić information content (AvgIpc) is 2.79. The van der Waals surface area contributed by atoms with Crippen LogP contribution in [0.25, 0.3) is 11.1 Å². The van der Waals surface area contributed by atoms with Crippen molar-refractivity contribution < 1.29 is 9.59 Å². The predicted octanol–water partition coefficient (Wildman–Crippen LogP) is 5.82. The molecule has 0 aliphatic heterocycles. The van der Waals surface area contributed by atoms with Gasteiger partial charge in [0, 0.05) is 22.3 Å². The maximum absolute atomic E-state index is 12.1.